The first-order chi connectivity index (χ1) is 9.29. The summed E-state index contributed by atoms with van der Waals surface area (Å²) >= 11 is 16.3. The Labute approximate surface area is 125 Å². The first-order valence-corrected chi connectivity index (χ1v) is 6.19. The van der Waals surface area contributed by atoms with Gasteiger partial charge >= 0.3 is 6.18 Å². The molecule has 1 N–H and O–H groups in total. The molecule has 0 aliphatic heterocycles. The minimum absolute atomic E-state index is 0.254. The van der Waals surface area contributed by atoms with Crippen LogP contribution in [0.1, 0.15) is 11.4 Å². The summed E-state index contributed by atoms with van der Waals surface area (Å²) in [6, 6.07) is 4.50. The van der Waals surface area contributed by atoms with Crippen molar-refractivity contribution < 1.29 is 13.2 Å². The van der Waals surface area contributed by atoms with Crippen LogP contribution in [0.4, 0.5) is 13.2 Å². The molecular weight excluding hydrogens is 336 g/mol. The number of H-pyrrole nitrogens is 1. The van der Waals surface area contributed by atoms with E-state index in [1.807, 2.05) is 5.10 Å². The van der Waals surface area contributed by atoms with Crippen molar-refractivity contribution in [2.45, 2.75) is 6.18 Å². The number of hydrogen-bond donors (Lipinski definition) is 1. The third kappa shape index (κ3) is 3.20. The van der Waals surface area contributed by atoms with Crippen LogP contribution in [0.5, 0.6) is 0 Å². The number of nitrogens with zero attached hydrogens (tertiary/aromatic N) is 3. The number of aromatic nitrogens is 3. The van der Waals surface area contributed by atoms with Gasteiger partial charge in [-0.2, -0.15) is 22.9 Å². The second-order valence-corrected chi connectivity index (χ2v) is 4.80. The fourth-order valence-electron chi connectivity index (χ4n) is 1.31. The van der Waals surface area contributed by atoms with Gasteiger partial charge in [-0.25, -0.2) is 5.10 Å². The second kappa shape index (κ2) is 5.55. The molecule has 1 heterocycles. The molecular formula is C10H5Cl2F3N4S. The molecule has 0 amide bonds. The maximum Gasteiger partial charge on any atom is 0.453 e. The smallest absolute Gasteiger partial charge is 0.250 e. The molecule has 0 radical (unpaired) electrons. The molecule has 0 aliphatic rings. The molecule has 2 rings (SSSR count). The molecule has 0 unspecified atom stereocenters. The lowest BCUT2D eigenvalue weighted by atomic mass is 10.2. The first kappa shape index (κ1) is 15.0. The van der Waals surface area contributed by atoms with Gasteiger partial charge in [-0.1, -0.05) is 29.3 Å². The van der Waals surface area contributed by atoms with E-state index in [0.717, 1.165) is 6.21 Å². The van der Waals surface area contributed by atoms with Crippen molar-refractivity contribution in [2.75, 3.05) is 0 Å². The predicted molar refractivity (Wildman–Crippen MR) is 71.9 cm³/mol. The summed E-state index contributed by atoms with van der Waals surface area (Å²) in [4.78, 5) is 0. The lowest BCUT2D eigenvalue weighted by Gasteiger charge is -2.04. The summed E-state index contributed by atoms with van der Waals surface area (Å²) in [6.45, 7) is 0. The summed E-state index contributed by atoms with van der Waals surface area (Å²) in [6.07, 6.45) is -3.53. The van der Waals surface area contributed by atoms with Crippen molar-refractivity contribution >= 4 is 41.6 Å². The largest absolute Gasteiger partial charge is 0.453 e. The highest BCUT2D eigenvalue weighted by Gasteiger charge is 2.37. The van der Waals surface area contributed by atoms with E-state index in [2.05, 4.69) is 22.4 Å². The van der Waals surface area contributed by atoms with Gasteiger partial charge in [-0.3, -0.25) is 0 Å². The molecule has 20 heavy (non-hydrogen) atoms. The molecule has 1 aromatic heterocycles. The highest BCUT2D eigenvalue weighted by atomic mass is 35.5. The highest BCUT2D eigenvalue weighted by Crippen LogP contribution is 2.27. The maximum absolute atomic E-state index is 12.7. The van der Waals surface area contributed by atoms with Crippen LogP contribution in [0, 0.1) is 4.77 Å². The Balaban J connectivity index is 2.42. The van der Waals surface area contributed by atoms with E-state index in [1.54, 1.807) is 0 Å². The van der Waals surface area contributed by atoms with Gasteiger partial charge in [0.2, 0.25) is 4.77 Å². The molecule has 0 bridgehead atoms. The summed E-state index contributed by atoms with van der Waals surface area (Å²) in [7, 11) is 0. The number of alkyl halides is 3. The van der Waals surface area contributed by atoms with Crippen LogP contribution in [-0.2, 0) is 6.18 Å². The van der Waals surface area contributed by atoms with E-state index in [9.17, 15) is 13.2 Å². The standard InChI is InChI=1S/C10H5Cl2F3N4S/c11-6-2-1-5(7(12)3-6)4-16-19-8(10(13,14)15)17-18-9(19)20/h1-4H,(H,18,20)/b16-4-. The normalized spacial score (nSPS) is 12.2. The Kier molecular flexibility index (Phi) is 4.17. The summed E-state index contributed by atoms with van der Waals surface area (Å²) < 4.78 is 38.2. The van der Waals surface area contributed by atoms with Gasteiger partial charge in [0.15, 0.2) is 0 Å². The van der Waals surface area contributed by atoms with Crippen molar-refractivity contribution in [1.29, 1.82) is 0 Å². The molecule has 0 saturated heterocycles. The molecule has 0 spiro atoms. The quantitative estimate of drug-likeness (QED) is 0.659. The molecule has 0 atom stereocenters. The second-order valence-electron chi connectivity index (χ2n) is 3.57. The minimum atomic E-state index is -4.67. The number of benzene rings is 1. The zero-order chi connectivity index (χ0) is 14.9. The number of nitrogens with one attached hydrogen (secondary N) is 1. The van der Waals surface area contributed by atoms with Gasteiger partial charge in [0.25, 0.3) is 5.82 Å². The number of hydrogen-bond acceptors (Lipinski definition) is 3. The third-order valence-corrected chi connectivity index (χ3v) is 3.01. The molecule has 2 aromatic rings. The fraction of sp³-hybridized carbons (Fsp3) is 0.100. The van der Waals surface area contributed by atoms with Crippen LogP contribution in [0.2, 0.25) is 10.0 Å². The van der Waals surface area contributed by atoms with E-state index in [0.29, 0.717) is 15.3 Å². The summed E-state index contributed by atoms with van der Waals surface area (Å²) in [5.41, 5.74) is 0.396. The van der Waals surface area contributed by atoms with Gasteiger partial charge in [-0.05, 0) is 24.4 Å². The third-order valence-electron chi connectivity index (χ3n) is 2.18. The Morgan fingerprint density at radius 1 is 1.35 bits per heavy atom. The topological polar surface area (TPSA) is 46.0 Å². The molecule has 0 fully saturated rings. The van der Waals surface area contributed by atoms with Crippen molar-refractivity contribution in [1.82, 2.24) is 14.9 Å². The minimum Gasteiger partial charge on any atom is -0.250 e. The Morgan fingerprint density at radius 2 is 2.05 bits per heavy atom. The number of rotatable bonds is 2. The Morgan fingerprint density at radius 3 is 2.65 bits per heavy atom. The van der Waals surface area contributed by atoms with Crippen molar-refractivity contribution in [3.8, 4) is 0 Å². The highest BCUT2D eigenvalue weighted by molar-refractivity contribution is 7.71. The van der Waals surface area contributed by atoms with Gasteiger partial charge in [0.05, 0.1) is 11.2 Å². The van der Waals surface area contributed by atoms with Crippen molar-refractivity contribution in [2.24, 2.45) is 5.10 Å². The zero-order valence-electron chi connectivity index (χ0n) is 9.45. The van der Waals surface area contributed by atoms with Crippen LogP contribution >= 0.6 is 35.4 Å². The average Bonchev–Trinajstić information content (AvgIpc) is 2.69. The lowest BCUT2D eigenvalue weighted by Crippen LogP contribution is -2.12. The SMILES string of the molecule is FC(F)(F)c1n[nH]c(=S)n1/N=C\c1ccc(Cl)cc1Cl. The maximum atomic E-state index is 12.7. The summed E-state index contributed by atoms with van der Waals surface area (Å²) in [5.74, 6) is -1.25. The Hall–Kier alpha value is -1.38. The molecule has 10 heteroatoms. The van der Waals surface area contributed by atoms with Gasteiger partial charge in [0, 0.05) is 10.6 Å². The lowest BCUT2D eigenvalue weighted by molar-refractivity contribution is -0.147. The van der Waals surface area contributed by atoms with Crippen LogP contribution in [0.3, 0.4) is 0 Å². The fourth-order valence-corrected chi connectivity index (χ4v) is 1.94. The van der Waals surface area contributed by atoms with Gasteiger partial charge in [0.1, 0.15) is 0 Å². The molecule has 106 valence electrons. The van der Waals surface area contributed by atoms with E-state index in [1.165, 1.54) is 18.2 Å². The van der Waals surface area contributed by atoms with Crippen LogP contribution in [0.25, 0.3) is 0 Å². The predicted octanol–water partition coefficient (Wildman–Crippen LogP) is 4.15. The summed E-state index contributed by atoms with van der Waals surface area (Å²) in [5, 5.41) is 9.42. The van der Waals surface area contributed by atoms with E-state index < -0.39 is 12.0 Å². The zero-order valence-corrected chi connectivity index (χ0v) is 11.8. The van der Waals surface area contributed by atoms with Crippen molar-refractivity contribution in [3.63, 3.8) is 0 Å². The van der Waals surface area contributed by atoms with Crippen LogP contribution in [0.15, 0.2) is 23.3 Å². The average molecular weight is 341 g/mol. The molecule has 4 nitrogen and oxygen atoms in total. The monoisotopic (exact) mass is 340 g/mol. The van der Waals surface area contributed by atoms with E-state index >= 15 is 0 Å². The molecule has 0 aliphatic carbocycles. The van der Waals surface area contributed by atoms with E-state index in [4.69, 9.17) is 23.2 Å². The van der Waals surface area contributed by atoms with Crippen molar-refractivity contribution in [3.05, 3.63) is 44.4 Å². The number of halogens is 5. The first-order valence-electron chi connectivity index (χ1n) is 5.03. The molecule has 1 aromatic carbocycles. The van der Waals surface area contributed by atoms with Crippen LogP contribution < -0.4 is 0 Å². The molecule has 0 saturated carbocycles. The van der Waals surface area contributed by atoms with Gasteiger partial charge < -0.3 is 0 Å². The van der Waals surface area contributed by atoms with E-state index in [-0.39, 0.29) is 9.79 Å². The number of aromatic amines is 1. The van der Waals surface area contributed by atoms with Gasteiger partial charge in [-0.15, -0.1) is 5.10 Å². The van der Waals surface area contributed by atoms with Crippen LogP contribution in [-0.4, -0.2) is 21.1 Å². The Bertz CT molecular complexity index is 720.